The molecule has 0 aliphatic rings. The molecule has 3 rings (SSSR count). The van der Waals surface area contributed by atoms with Gasteiger partial charge in [-0.25, -0.2) is 14.4 Å². The van der Waals surface area contributed by atoms with Gasteiger partial charge in [-0.2, -0.15) is 0 Å². The molecule has 2 heterocycles. The van der Waals surface area contributed by atoms with Crippen LogP contribution in [-0.4, -0.2) is 14.5 Å². The number of hydrogen-bond acceptors (Lipinski definition) is 2. The number of fused-ring (bicyclic) bond motifs is 1. The van der Waals surface area contributed by atoms with E-state index in [-0.39, 0.29) is 11.2 Å². The zero-order chi connectivity index (χ0) is 15.1. The van der Waals surface area contributed by atoms with Gasteiger partial charge >= 0.3 is 0 Å². The van der Waals surface area contributed by atoms with Crippen LogP contribution in [0.25, 0.3) is 16.9 Å². The summed E-state index contributed by atoms with van der Waals surface area (Å²) in [5, 5.41) is 0.150. The van der Waals surface area contributed by atoms with E-state index in [1.165, 1.54) is 12.1 Å². The van der Waals surface area contributed by atoms with E-state index in [4.69, 9.17) is 23.2 Å². The minimum atomic E-state index is -0.347. The smallest absolute Gasteiger partial charge is 0.164 e. The van der Waals surface area contributed by atoms with Crippen molar-refractivity contribution < 1.29 is 4.39 Å². The van der Waals surface area contributed by atoms with Gasteiger partial charge in [-0.1, -0.05) is 17.7 Å². The van der Waals surface area contributed by atoms with Crippen LogP contribution < -0.4 is 0 Å². The number of benzene rings is 1. The molecule has 3 nitrogen and oxygen atoms in total. The maximum atomic E-state index is 13.6. The molecule has 108 valence electrons. The average molecular weight is 324 g/mol. The van der Waals surface area contributed by atoms with Gasteiger partial charge in [-0.15, -0.1) is 11.6 Å². The van der Waals surface area contributed by atoms with E-state index in [0.717, 1.165) is 5.56 Å². The van der Waals surface area contributed by atoms with Gasteiger partial charge in [0.25, 0.3) is 0 Å². The van der Waals surface area contributed by atoms with Crippen molar-refractivity contribution in [2.75, 3.05) is 0 Å². The minimum Gasteiger partial charge on any atom is -0.279 e. The van der Waals surface area contributed by atoms with Crippen LogP contribution in [0.2, 0.25) is 5.02 Å². The summed E-state index contributed by atoms with van der Waals surface area (Å²) in [6, 6.07) is 6.31. The van der Waals surface area contributed by atoms with E-state index in [2.05, 4.69) is 9.97 Å². The van der Waals surface area contributed by atoms with E-state index in [1.807, 2.05) is 13.8 Å². The van der Waals surface area contributed by atoms with Crippen LogP contribution in [-0.2, 0) is 0 Å². The molecule has 0 amide bonds. The highest BCUT2D eigenvalue weighted by Gasteiger charge is 2.19. The molecule has 0 saturated carbocycles. The number of nitrogens with zero attached hydrogens (tertiary/aromatic N) is 3. The number of alkyl halides is 1. The summed E-state index contributed by atoms with van der Waals surface area (Å²) >= 11 is 12.2. The molecule has 3 aromatic rings. The normalized spacial score (nSPS) is 12.8. The topological polar surface area (TPSA) is 30.7 Å². The van der Waals surface area contributed by atoms with Crippen LogP contribution in [0, 0.1) is 12.7 Å². The van der Waals surface area contributed by atoms with E-state index in [9.17, 15) is 4.39 Å². The summed E-state index contributed by atoms with van der Waals surface area (Å²) in [7, 11) is 0. The predicted molar refractivity (Wildman–Crippen MR) is 82.8 cm³/mol. The van der Waals surface area contributed by atoms with Gasteiger partial charge in [-0.05, 0) is 37.6 Å². The van der Waals surface area contributed by atoms with Crippen LogP contribution >= 0.6 is 23.2 Å². The van der Waals surface area contributed by atoms with Crippen LogP contribution in [0.5, 0.6) is 0 Å². The highest BCUT2D eigenvalue weighted by atomic mass is 35.5. The SMILES string of the molecule is Cc1ccc(F)cc1-n1c(C(C)Cl)nc2cc(Cl)cnc21. The van der Waals surface area contributed by atoms with Crippen LogP contribution in [0.1, 0.15) is 23.7 Å². The summed E-state index contributed by atoms with van der Waals surface area (Å²) in [4.78, 5) is 8.80. The Morgan fingerprint density at radius 3 is 2.76 bits per heavy atom. The highest BCUT2D eigenvalue weighted by Crippen LogP contribution is 2.29. The van der Waals surface area contributed by atoms with Crippen molar-refractivity contribution in [1.82, 2.24) is 14.5 Å². The van der Waals surface area contributed by atoms with Gasteiger partial charge < -0.3 is 0 Å². The van der Waals surface area contributed by atoms with Crippen molar-refractivity contribution in [3.63, 3.8) is 0 Å². The summed E-state index contributed by atoms with van der Waals surface area (Å²) < 4.78 is 15.4. The fourth-order valence-corrected chi connectivity index (χ4v) is 2.58. The monoisotopic (exact) mass is 323 g/mol. The molecule has 1 aromatic carbocycles. The van der Waals surface area contributed by atoms with Crippen LogP contribution in [0.15, 0.2) is 30.5 Å². The summed E-state index contributed by atoms with van der Waals surface area (Å²) in [6.45, 7) is 3.72. The molecule has 6 heteroatoms. The van der Waals surface area contributed by atoms with Gasteiger partial charge in [-0.3, -0.25) is 4.57 Å². The van der Waals surface area contributed by atoms with Crippen molar-refractivity contribution >= 4 is 34.4 Å². The van der Waals surface area contributed by atoms with Crippen LogP contribution in [0.4, 0.5) is 4.39 Å². The second-order valence-corrected chi connectivity index (χ2v) is 5.94. The second kappa shape index (κ2) is 5.28. The Morgan fingerprint density at radius 1 is 1.29 bits per heavy atom. The lowest BCUT2D eigenvalue weighted by molar-refractivity contribution is 0.625. The number of imidazole rings is 1. The van der Waals surface area contributed by atoms with Gasteiger partial charge in [0.15, 0.2) is 5.65 Å². The molecule has 0 spiro atoms. The molecule has 1 atom stereocenters. The summed E-state index contributed by atoms with van der Waals surface area (Å²) in [5.41, 5.74) is 2.82. The Kier molecular flexibility index (Phi) is 3.59. The van der Waals surface area contributed by atoms with E-state index < -0.39 is 0 Å². The third kappa shape index (κ3) is 2.49. The van der Waals surface area contributed by atoms with Crippen molar-refractivity contribution in [2.45, 2.75) is 19.2 Å². The second-order valence-electron chi connectivity index (χ2n) is 4.85. The lowest BCUT2D eigenvalue weighted by Gasteiger charge is -2.12. The fourth-order valence-electron chi connectivity index (χ4n) is 2.29. The predicted octanol–water partition coefficient (Wildman–Crippen LogP) is 4.82. The quantitative estimate of drug-likeness (QED) is 0.633. The first kappa shape index (κ1) is 14.3. The number of hydrogen-bond donors (Lipinski definition) is 0. The third-order valence-corrected chi connectivity index (χ3v) is 3.66. The maximum Gasteiger partial charge on any atom is 0.164 e. The Labute approximate surface area is 131 Å². The van der Waals surface area contributed by atoms with E-state index >= 15 is 0 Å². The molecule has 21 heavy (non-hydrogen) atoms. The molecule has 0 radical (unpaired) electrons. The Balaban J connectivity index is 2.39. The molecule has 0 fully saturated rings. The van der Waals surface area contributed by atoms with Crippen molar-refractivity contribution in [1.29, 1.82) is 0 Å². The lowest BCUT2D eigenvalue weighted by Crippen LogP contribution is -2.05. The van der Waals surface area contributed by atoms with Crippen LogP contribution in [0.3, 0.4) is 0 Å². The zero-order valence-corrected chi connectivity index (χ0v) is 13.0. The fraction of sp³-hybridized carbons (Fsp3) is 0.200. The number of aryl methyl sites for hydroxylation is 1. The molecular formula is C15H12Cl2FN3. The number of pyridine rings is 1. The number of halogens is 3. The molecule has 0 saturated heterocycles. The first-order valence-electron chi connectivity index (χ1n) is 6.42. The van der Waals surface area contributed by atoms with Gasteiger partial charge in [0, 0.05) is 6.20 Å². The summed E-state index contributed by atoms with van der Waals surface area (Å²) in [6.07, 6.45) is 1.54. The molecule has 0 aliphatic heterocycles. The van der Waals surface area contributed by atoms with E-state index in [0.29, 0.717) is 27.7 Å². The first-order chi connectivity index (χ1) is 9.97. The lowest BCUT2D eigenvalue weighted by atomic mass is 10.2. The van der Waals surface area contributed by atoms with Gasteiger partial charge in [0.1, 0.15) is 17.2 Å². The van der Waals surface area contributed by atoms with Crippen molar-refractivity contribution in [3.8, 4) is 5.69 Å². The first-order valence-corrected chi connectivity index (χ1v) is 7.23. The molecule has 0 N–H and O–H groups in total. The molecule has 0 aliphatic carbocycles. The molecule has 2 aromatic heterocycles. The minimum absolute atomic E-state index is 0.320. The molecule has 0 bridgehead atoms. The van der Waals surface area contributed by atoms with E-state index in [1.54, 1.807) is 22.9 Å². The third-order valence-electron chi connectivity index (χ3n) is 3.26. The molecule has 1 unspecified atom stereocenters. The zero-order valence-electron chi connectivity index (χ0n) is 11.4. The number of rotatable bonds is 2. The maximum absolute atomic E-state index is 13.6. The Hall–Kier alpha value is -1.65. The molecular weight excluding hydrogens is 312 g/mol. The van der Waals surface area contributed by atoms with Crippen molar-refractivity contribution in [2.24, 2.45) is 0 Å². The Morgan fingerprint density at radius 2 is 2.05 bits per heavy atom. The van der Waals surface area contributed by atoms with Crippen molar-refractivity contribution in [3.05, 3.63) is 52.7 Å². The average Bonchev–Trinajstić information content (AvgIpc) is 2.80. The summed E-state index contributed by atoms with van der Waals surface area (Å²) in [5.74, 6) is 0.287. The highest BCUT2D eigenvalue weighted by molar-refractivity contribution is 6.31. The Bertz CT molecular complexity index is 827. The van der Waals surface area contributed by atoms with Gasteiger partial charge in [0.05, 0.1) is 16.1 Å². The largest absolute Gasteiger partial charge is 0.279 e. The standard InChI is InChI=1S/C15H12Cl2FN3/c1-8-3-4-11(18)6-13(8)21-14(9(2)16)20-12-5-10(17)7-19-15(12)21/h3-7,9H,1-2H3. The van der Waals surface area contributed by atoms with Gasteiger partial charge in [0.2, 0.25) is 0 Å². The number of aromatic nitrogens is 3.